The maximum atomic E-state index is 11.9. The second-order valence-electron chi connectivity index (χ2n) is 4.56. The molecule has 0 saturated heterocycles. The third-order valence-corrected chi connectivity index (χ3v) is 3.48. The van der Waals surface area contributed by atoms with Crippen molar-refractivity contribution in [3.8, 4) is 11.5 Å². The van der Waals surface area contributed by atoms with Crippen LogP contribution in [0.1, 0.15) is 18.4 Å². The first-order valence-electron chi connectivity index (χ1n) is 6.26. The molecule has 1 amide bonds. The fourth-order valence-electron chi connectivity index (χ4n) is 2.07. The Morgan fingerprint density at radius 3 is 2.63 bits per heavy atom. The highest BCUT2D eigenvalue weighted by Crippen LogP contribution is 2.32. The molecule has 2 rings (SSSR count). The van der Waals surface area contributed by atoms with E-state index in [1.807, 2.05) is 23.1 Å². The van der Waals surface area contributed by atoms with Crippen LogP contribution in [0.4, 0.5) is 0 Å². The summed E-state index contributed by atoms with van der Waals surface area (Å²) >= 11 is 5.67. The van der Waals surface area contributed by atoms with Gasteiger partial charge in [-0.25, -0.2) is 0 Å². The molecule has 0 aliphatic heterocycles. The number of benzene rings is 1. The number of alkyl halides is 1. The lowest BCUT2D eigenvalue weighted by Gasteiger charge is -2.23. The third-order valence-electron chi connectivity index (χ3n) is 3.25. The number of ether oxygens (including phenoxy) is 2. The number of hydrogen-bond donors (Lipinski definition) is 0. The average molecular weight is 284 g/mol. The fraction of sp³-hybridized carbons (Fsp3) is 0.500. The molecule has 0 N–H and O–H groups in total. The first-order chi connectivity index (χ1) is 9.19. The van der Waals surface area contributed by atoms with Crippen LogP contribution in [0.15, 0.2) is 18.2 Å². The summed E-state index contributed by atoms with van der Waals surface area (Å²) in [7, 11) is 3.24. The second-order valence-corrected chi connectivity index (χ2v) is 4.83. The SMILES string of the molecule is COc1ccc(OC)c(CN(C(=O)CCl)C2CC2)c1. The maximum Gasteiger partial charge on any atom is 0.238 e. The van der Waals surface area contributed by atoms with Crippen molar-refractivity contribution in [1.82, 2.24) is 4.90 Å². The first-order valence-corrected chi connectivity index (χ1v) is 6.79. The summed E-state index contributed by atoms with van der Waals surface area (Å²) in [6.45, 7) is 0.511. The van der Waals surface area contributed by atoms with Crippen LogP contribution in [0.25, 0.3) is 0 Å². The molecule has 1 aromatic carbocycles. The van der Waals surface area contributed by atoms with E-state index in [4.69, 9.17) is 21.1 Å². The first kappa shape index (κ1) is 14.0. The van der Waals surface area contributed by atoms with E-state index < -0.39 is 0 Å². The minimum Gasteiger partial charge on any atom is -0.497 e. The van der Waals surface area contributed by atoms with Crippen molar-refractivity contribution in [3.05, 3.63) is 23.8 Å². The zero-order valence-electron chi connectivity index (χ0n) is 11.2. The van der Waals surface area contributed by atoms with Gasteiger partial charge in [-0.15, -0.1) is 11.6 Å². The van der Waals surface area contributed by atoms with Gasteiger partial charge in [0.05, 0.1) is 14.2 Å². The van der Waals surface area contributed by atoms with Crippen LogP contribution >= 0.6 is 11.6 Å². The summed E-state index contributed by atoms with van der Waals surface area (Å²) in [6, 6.07) is 5.91. The molecule has 19 heavy (non-hydrogen) atoms. The minimum atomic E-state index is -0.0333. The van der Waals surface area contributed by atoms with Gasteiger partial charge in [-0.05, 0) is 31.0 Å². The summed E-state index contributed by atoms with van der Waals surface area (Å²) in [6.07, 6.45) is 2.10. The topological polar surface area (TPSA) is 38.8 Å². The molecule has 4 nitrogen and oxygen atoms in total. The largest absolute Gasteiger partial charge is 0.497 e. The number of carbonyl (C=O) groups is 1. The number of carbonyl (C=O) groups excluding carboxylic acids is 1. The van der Waals surface area contributed by atoms with E-state index in [0.717, 1.165) is 29.9 Å². The van der Waals surface area contributed by atoms with Crippen molar-refractivity contribution in [2.24, 2.45) is 0 Å². The number of nitrogens with zero attached hydrogens (tertiary/aromatic N) is 1. The molecule has 1 aromatic rings. The highest BCUT2D eigenvalue weighted by molar-refractivity contribution is 6.27. The molecular formula is C14H18ClNO3. The van der Waals surface area contributed by atoms with Gasteiger partial charge in [0.15, 0.2) is 0 Å². The van der Waals surface area contributed by atoms with E-state index in [1.165, 1.54) is 0 Å². The predicted molar refractivity (Wildman–Crippen MR) is 73.8 cm³/mol. The van der Waals surface area contributed by atoms with Gasteiger partial charge in [0.1, 0.15) is 17.4 Å². The molecule has 1 aliphatic rings. The van der Waals surface area contributed by atoms with Gasteiger partial charge < -0.3 is 14.4 Å². The molecule has 0 atom stereocenters. The van der Waals surface area contributed by atoms with Crippen molar-refractivity contribution >= 4 is 17.5 Å². The lowest BCUT2D eigenvalue weighted by Crippen LogP contribution is -2.33. The van der Waals surface area contributed by atoms with Gasteiger partial charge in [-0.1, -0.05) is 0 Å². The Labute approximate surface area is 118 Å². The molecule has 1 saturated carbocycles. The van der Waals surface area contributed by atoms with Crippen LogP contribution in [0, 0.1) is 0 Å². The molecule has 0 spiro atoms. The molecular weight excluding hydrogens is 266 g/mol. The number of amides is 1. The Kier molecular flexibility index (Phi) is 4.53. The Hall–Kier alpha value is -1.42. The molecule has 0 heterocycles. The van der Waals surface area contributed by atoms with Gasteiger partial charge in [0.2, 0.25) is 5.91 Å². The van der Waals surface area contributed by atoms with Gasteiger partial charge in [-0.2, -0.15) is 0 Å². The Morgan fingerprint density at radius 1 is 1.37 bits per heavy atom. The number of halogens is 1. The van der Waals surface area contributed by atoms with E-state index in [2.05, 4.69) is 0 Å². The van der Waals surface area contributed by atoms with Crippen molar-refractivity contribution in [2.45, 2.75) is 25.4 Å². The Balaban J connectivity index is 2.21. The standard InChI is InChI=1S/C14H18ClNO3/c1-18-12-5-6-13(19-2)10(7-12)9-16(11-3-4-11)14(17)8-15/h5-7,11H,3-4,8-9H2,1-2H3. The van der Waals surface area contributed by atoms with E-state index in [-0.39, 0.29) is 11.8 Å². The Morgan fingerprint density at radius 2 is 2.11 bits per heavy atom. The normalized spacial score (nSPS) is 14.1. The third kappa shape index (κ3) is 3.32. The molecule has 0 radical (unpaired) electrons. The highest BCUT2D eigenvalue weighted by atomic mass is 35.5. The smallest absolute Gasteiger partial charge is 0.238 e. The van der Waals surface area contributed by atoms with Crippen molar-refractivity contribution in [2.75, 3.05) is 20.1 Å². The van der Waals surface area contributed by atoms with Crippen molar-refractivity contribution in [3.63, 3.8) is 0 Å². The van der Waals surface area contributed by atoms with Crippen LogP contribution in [0.2, 0.25) is 0 Å². The molecule has 104 valence electrons. The van der Waals surface area contributed by atoms with Crippen molar-refractivity contribution in [1.29, 1.82) is 0 Å². The molecule has 1 fully saturated rings. The monoisotopic (exact) mass is 283 g/mol. The lowest BCUT2D eigenvalue weighted by atomic mass is 10.1. The molecule has 0 aromatic heterocycles. The number of methoxy groups -OCH3 is 2. The van der Waals surface area contributed by atoms with Gasteiger partial charge in [0.25, 0.3) is 0 Å². The zero-order chi connectivity index (χ0) is 13.8. The fourth-order valence-corrected chi connectivity index (χ4v) is 2.23. The second kappa shape index (κ2) is 6.15. The predicted octanol–water partition coefficient (Wildman–Crippen LogP) is 2.43. The van der Waals surface area contributed by atoms with E-state index >= 15 is 0 Å². The van der Waals surface area contributed by atoms with Gasteiger partial charge in [-0.3, -0.25) is 4.79 Å². The van der Waals surface area contributed by atoms with Crippen LogP contribution in [0.3, 0.4) is 0 Å². The molecule has 0 unspecified atom stereocenters. The van der Waals surface area contributed by atoms with Crippen molar-refractivity contribution < 1.29 is 14.3 Å². The summed E-state index contributed by atoms with van der Waals surface area (Å²) in [5.41, 5.74) is 0.937. The maximum absolute atomic E-state index is 11.9. The summed E-state index contributed by atoms with van der Waals surface area (Å²) in [5, 5.41) is 0. The quantitative estimate of drug-likeness (QED) is 0.753. The van der Waals surface area contributed by atoms with Crippen LogP contribution in [-0.2, 0) is 11.3 Å². The average Bonchev–Trinajstić information content (AvgIpc) is 3.28. The van der Waals surface area contributed by atoms with Crippen LogP contribution < -0.4 is 9.47 Å². The van der Waals surface area contributed by atoms with E-state index in [0.29, 0.717) is 12.6 Å². The summed E-state index contributed by atoms with van der Waals surface area (Å²) in [5.74, 6) is 1.50. The van der Waals surface area contributed by atoms with Crippen LogP contribution in [0.5, 0.6) is 11.5 Å². The van der Waals surface area contributed by atoms with Gasteiger partial charge in [0, 0.05) is 18.2 Å². The lowest BCUT2D eigenvalue weighted by molar-refractivity contribution is -0.129. The van der Waals surface area contributed by atoms with E-state index in [1.54, 1.807) is 14.2 Å². The zero-order valence-corrected chi connectivity index (χ0v) is 11.9. The number of hydrogen-bond acceptors (Lipinski definition) is 3. The van der Waals surface area contributed by atoms with E-state index in [9.17, 15) is 4.79 Å². The minimum absolute atomic E-state index is 0.0167. The summed E-state index contributed by atoms with van der Waals surface area (Å²) in [4.78, 5) is 13.7. The molecule has 1 aliphatic carbocycles. The Bertz CT molecular complexity index is 460. The van der Waals surface area contributed by atoms with Crippen LogP contribution in [-0.4, -0.2) is 36.9 Å². The highest BCUT2D eigenvalue weighted by Gasteiger charge is 2.32. The molecule has 0 bridgehead atoms. The summed E-state index contributed by atoms with van der Waals surface area (Å²) < 4.78 is 10.5. The van der Waals surface area contributed by atoms with Gasteiger partial charge >= 0.3 is 0 Å². The molecule has 5 heteroatoms. The number of rotatable bonds is 6.